The number of benzene rings is 2. The number of amides is 2. The second-order valence-electron chi connectivity index (χ2n) is 6.26. The van der Waals surface area contributed by atoms with Crippen molar-refractivity contribution in [2.75, 3.05) is 31.8 Å². The molecule has 28 heavy (non-hydrogen) atoms. The molecule has 0 saturated heterocycles. The average Bonchev–Trinajstić information content (AvgIpc) is 2.62. The summed E-state index contributed by atoms with van der Waals surface area (Å²) in [4.78, 5) is 23.3. The molecule has 0 aliphatic rings. The van der Waals surface area contributed by atoms with Crippen molar-refractivity contribution in [3.63, 3.8) is 0 Å². The molecule has 9 heteroatoms. The Balaban J connectivity index is 2.15. The normalized spacial score (nSPS) is 11.2. The number of hydrogen-bond donors (Lipinski definition) is 2. The zero-order valence-electron chi connectivity index (χ0n) is 16.1. The van der Waals surface area contributed by atoms with Crippen molar-refractivity contribution < 1.29 is 22.7 Å². The van der Waals surface area contributed by atoms with Crippen LogP contribution in [-0.4, -0.2) is 45.7 Å². The van der Waals surface area contributed by atoms with Crippen molar-refractivity contribution >= 4 is 33.2 Å². The zero-order valence-corrected chi connectivity index (χ0v) is 17.0. The summed E-state index contributed by atoms with van der Waals surface area (Å²) in [7, 11) is 0.495. The van der Waals surface area contributed by atoms with Crippen molar-refractivity contribution in [1.82, 2.24) is 4.31 Å². The second kappa shape index (κ2) is 8.85. The molecule has 0 saturated carbocycles. The number of ether oxygens (including phenoxy) is 1. The van der Waals surface area contributed by atoms with Gasteiger partial charge < -0.3 is 15.4 Å². The van der Waals surface area contributed by atoms with Gasteiger partial charge in [-0.2, -0.15) is 0 Å². The van der Waals surface area contributed by atoms with Crippen LogP contribution in [0.2, 0.25) is 0 Å². The van der Waals surface area contributed by atoms with Crippen LogP contribution in [0, 0.1) is 0 Å². The van der Waals surface area contributed by atoms with E-state index in [1.165, 1.54) is 40.3 Å². The molecule has 0 aliphatic heterocycles. The van der Waals surface area contributed by atoms with Crippen LogP contribution in [0.15, 0.2) is 47.4 Å². The topological polar surface area (TPSA) is 105 Å². The minimum atomic E-state index is -3.73. The zero-order chi connectivity index (χ0) is 20.9. The van der Waals surface area contributed by atoms with Gasteiger partial charge in [0.25, 0.3) is 0 Å². The number of hydrogen-bond acceptors (Lipinski definition) is 5. The standard InChI is InChI=1S/C19H23N3O5S/c1-13(23)20-15-7-5-14(6-8-15)11-19(24)21-16-9-10-17(27-4)18(12-16)28(25,26)22(2)3/h5-10,12H,11H2,1-4H3,(H,20,23)(H,21,24). The summed E-state index contributed by atoms with van der Waals surface area (Å²) < 4.78 is 31.1. The molecule has 2 aromatic carbocycles. The van der Waals surface area contributed by atoms with Gasteiger partial charge in [-0.15, -0.1) is 0 Å². The van der Waals surface area contributed by atoms with Gasteiger partial charge in [0.1, 0.15) is 10.6 Å². The molecule has 2 rings (SSSR count). The first-order valence-electron chi connectivity index (χ1n) is 8.40. The molecule has 0 atom stereocenters. The molecule has 0 unspecified atom stereocenters. The van der Waals surface area contributed by atoms with Gasteiger partial charge in [-0.3, -0.25) is 9.59 Å². The number of nitrogens with zero attached hydrogens (tertiary/aromatic N) is 1. The third-order valence-electron chi connectivity index (χ3n) is 3.84. The van der Waals surface area contributed by atoms with E-state index in [-0.39, 0.29) is 28.9 Å². The lowest BCUT2D eigenvalue weighted by molar-refractivity contribution is -0.116. The highest BCUT2D eigenvalue weighted by atomic mass is 32.2. The van der Waals surface area contributed by atoms with Crippen LogP contribution in [0.5, 0.6) is 5.75 Å². The van der Waals surface area contributed by atoms with Crippen LogP contribution in [0.25, 0.3) is 0 Å². The van der Waals surface area contributed by atoms with Crippen LogP contribution in [0.4, 0.5) is 11.4 Å². The van der Waals surface area contributed by atoms with E-state index < -0.39 is 10.0 Å². The highest BCUT2D eigenvalue weighted by molar-refractivity contribution is 7.89. The van der Waals surface area contributed by atoms with E-state index in [0.29, 0.717) is 11.4 Å². The monoisotopic (exact) mass is 405 g/mol. The molecule has 8 nitrogen and oxygen atoms in total. The largest absolute Gasteiger partial charge is 0.495 e. The first kappa shape index (κ1) is 21.4. The first-order valence-corrected chi connectivity index (χ1v) is 9.84. The number of sulfonamides is 1. The Labute approximate surface area is 164 Å². The lowest BCUT2D eigenvalue weighted by Gasteiger charge is -2.16. The molecule has 0 fully saturated rings. The Kier molecular flexibility index (Phi) is 6.76. The van der Waals surface area contributed by atoms with Gasteiger partial charge in [-0.05, 0) is 35.9 Å². The minimum absolute atomic E-state index is 0.0301. The molecule has 2 N–H and O–H groups in total. The summed E-state index contributed by atoms with van der Waals surface area (Å²) in [5, 5.41) is 5.35. The van der Waals surface area contributed by atoms with E-state index in [9.17, 15) is 18.0 Å². The van der Waals surface area contributed by atoms with Gasteiger partial charge >= 0.3 is 0 Å². The van der Waals surface area contributed by atoms with Crippen LogP contribution in [-0.2, 0) is 26.0 Å². The summed E-state index contributed by atoms with van der Waals surface area (Å²) in [5.41, 5.74) is 1.74. The fraction of sp³-hybridized carbons (Fsp3) is 0.263. The van der Waals surface area contributed by atoms with E-state index in [1.807, 2.05) is 0 Å². The summed E-state index contributed by atoms with van der Waals surface area (Å²) in [6.07, 6.45) is 0.0993. The summed E-state index contributed by atoms with van der Waals surface area (Å²) in [6.45, 7) is 1.42. The number of carbonyl (C=O) groups is 2. The predicted molar refractivity (Wildman–Crippen MR) is 107 cm³/mol. The maximum absolute atomic E-state index is 12.5. The summed E-state index contributed by atoms with van der Waals surface area (Å²) in [5.74, 6) is -0.278. The Morgan fingerprint density at radius 2 is 1.61 bits per heavy atom. The maximum atomic E-state index is 12.5. The average molecular weight is 405 g/mol. The van der Waals surface area contributed by atoms with Crippen molar-refractivity contribution in [2.24, 2.45) is 0 Å². The molecule has 0 bridgehead atoms. The number of rotatable bonds is 7. The van der Waals surface area contributed by atoms with Gasteiger partial charge in [0.05, 0.1) is 13.5 Å². The van der Waals surface area contributed by atoms with Gasteiger partial charge in [0.15, 0.2) is 0 Å². The quantitative estimate of drug-likeness (QED) is 0.734. The molecule has 0 aliphatic carbocycles. The molecule has 0 spiro atoms. The molecular formula is C19H23N3O5S. The highest BCUT2D eigenvalue weighted by Crippen LogP contribution is 2.28. The van der Waals surface area contributed by atoms with Gasteiger partial charge in [-0.25, -0.2) is 12.7 Å². The molecule has 2 aromatic rings. The van der Waals surface area contributed by atoms with Crippen molar-refractivity contribution in [3.05, 3.63) is 48.0 Å². The molecule has 0 aromatic heterocycles. The van der Waals surface area contributed by atoms with E-state index in [2.05, 4.69) is 10.6 Å². The summed E-state index contributed by atoms with van der Waals surface area (Å²) in [6, 6.07) is 11.3. The lowest BCUT2D eigenvalue weighted by atomic mass is 10.1. The number of carbonyl (C=O) groups excluding carboxylic acids is 2. The van der Waals surface area contributed by atoms with Gasteiger partial charge in [0, 0.05) is 32.4 Å². The SMILES string of the molecule is COc1ccc(NC(=O)Cc2ccc(NC(C)=O)cc2)cc1S(=O)(=O)N(C)C. The van der Waals surface area contributed by atoms with E-state index in [0.717, 1.165) is 9.87 Å². The van der Waals surface area contributed by atoms with Crippen LogP contribution < -0.4 is 15.4 Å². The smallest absolute Gasteiger partial charge is 0.246 e. The van der Waals surface area contributed by atoms with Crippen LogP contribution in [0.1, 0.15) is 12.5 Å². The summed E-state index contributed by atoms with van der Waals surface area (Å²) >= 11 is 0. The predicted octanol–water partition coefficient (Wildman–Crippen LogP) is 2.09. The first-order chi connectivity index (χ1) is 13.1. The highest BCUT2D eigenvalue weighted by Gasteiger charge is 2.23. The number of nitrogens with one attached hydrogen (secondary N) is 2. The van der Waals surface area contributed by atoms with Crippen molar-refractivity contribution in [2.45, 2.75) is 18.2 Å². The second-order valence-corrected chi connectivity index (χ2v) is 8.38. The van der Waals surface area contributed by atoms with Crippen molar-refractivity contribution in [1.29, 1.82) is 0 Å². The fourth-order valence-corrected chi connectivity index (χ4v) is 3.53. The fourth-order valence-electron chi connectivity index (χ4n) is 2.45. The van der Waals surface area contributed by atoms with Crippen LogP contribution in [0.3, 0.4) is 0 Å². The van der Waals surface area contributed by atoms with E-state index in [1.54, 1.807) is 30.3 Å². The third-order valence-corrected chi connectivity index (χ3v) is 5.68. The molecule has 2 amide bonds. The Morgan fingerprint density at radius 3 is 2.14 bits per heavy atom. The molecule has 150 valence electrons. The maximum Gasteiger partial charge on any atom is 0.246 e. The third kappa shape index (κ3) is 5.30. The molecule has 0 radical (unpaired) electrons. The number of methoxy groups -OCH3 is 1. The number of anilines is 2. The molecular weight excluding hydrogens is 382 g/mol. The van der Waals surface area contributed by atoms with E-state index >= 15 is 0 Å². The Bertz CT molecular complexity index is 970. The van der Waals surface area contributed by atoms with Gasteiger partial charge in [0.2, 0.25) is 21.8 Å². The van der Waals surface area contributed by atoms with Crippen molar-refractivity contribution in [3.8, 4) is 5.75 Å². The molecule has 0 heterocycles. The van der Waals surface area contributed by atoms with Gasteiger partial charge in [-0.1, -0.05) is 12.1 Å². The Hall–Kier alpha value is -2.91. The van der Waals surface area contributed by atoms with Crippen LogP contribution >= 0.6 is 0 Å². The lowest BCUT2D eigenvalue weighted by Crippen LogP contribution is -2.23. The van der Waals surface area contributed by atoms with E-state index in [4.69, 9.17) is 4.74 Å². The Morgan fingerprint density at radius 1 is 1.00 bits per heavy atom. The minimum Gasteiger partial charge on any atom is -0.495 e.